The molecule has 0 bridgehead atoms. The average Bonchev–Trinajstić information content (AvgIpc) is 2.30. The zero-order chi connectivity index (χ0) is 13.4. The predicted molar refractivity (Wildman–Crippen MR) is 70.7 cm³/mol. The number of hydroxylamine groups is 1. The Kier molecular flexibility index (Phi) is 6.05. The van der Waals surface area contributed by atoms with E-state index >= 15 is 0 Å². The van der Waals surface area contributed by atoms with Gasteiger partial charge in [-0.05, 0) is 13.8 Å². The highest BCUT2D eigenvalue weighted by Crippen LogP contribution is 2.44. The first-order chi connectivity index (χ1) is 8.59. The maximum atomic E-state index is 12.1. The van der Waals surface area contributed by atoms with Crippen molar-refractivity contribution in [1.82, 2.24) is 0 Å². The zero-order valence-electron chi connectivity index (χ0n) is 10.6. The van der Waals surface area contributed by atoms with E-state index in [0.29, 0.717) is 4.74 Å². The zero-order valence-corrected chi connectivity index (χ0v) is 11.5. The normalized spacial score (nSPS) is 12.7. The van der Waals surface area contributed by atoms with Gasteiger partial charge in [0.05, 0.1) is 13.2 Å². The van der Waals surface area contributed by atoms with E-state index in [-0.39, 0.29) is 19.8 Å². The monoisotopic (exact) mass is 271 g/mol. The first kappa shape index (κ1) is 14.9. The van der Waals surface area contributed by atoms with Gasteiger partial charge < -0.3 is 14.3 Å². The van der Waals surface area contributed by atoms with Crippen LogP contribution in [0.3, 0.4) is 0 Å². The molecule has 0 saturated carbocycles. The van der Waals surface area contributed by atoms with Crippen LogP contribution in [0.15, 0.2) is 30.3 Å². The van der Waals surface area contributed by atoms with Crippen molar-refractivity contribution < 1.29 is 18.4 Å². The van der Waals surface area contributed by atoms with Crippen LogP contribution in [-0.2, 0) is 20.2 Å². The van der Waals surface area contributed by atoms with Crippen LogP contribution in [0.25, 0.3) is 0 Å². The van der Waals surface area contributed by atoms with Crippen molar-refractivity contribution in [2.75, 3.05) is 13.2 Å². The second-order valence-electron chi connectivity index (χ2n) is 3.55. The number of nitrogens with zero attached hydrogens (tertiary/aromatic N) is 1. The number of rotatable bonds is 7. The van der Waals surface area contributed by atoms with Crippen LogP contribution >= 0.6 is 7.60 Å². The summed E-state index contributed by atoms with van der Waals surface area (Å²) in [7, 11) is -3.42. The van der Waals surface area contributed by atoms with Gasteiger partial charge in [0, 0.05) is 5.56 Å². The minimum Gasteiger partial charge on any atom is -0.623 e. The molecule has 0 saturated heterocycles. The van der Waals surface area contributed by atoms with Gasteiger partial charge in [-0.1, -0.05) is 30.3 Å². The minimum absolute atomic E-state index is 0.116. The molecule has 0 amide bonds. The van der Waals surface area contributed by atoms with Gasteiger partial charge >= 0.3 is 7.60 Å². The lowest BCUT2D eigenvalue weighted by molar-refractivity contribution is -0.468. The summed E-state index contributed by atoms with van der Waals surface area (Å²) < 4.78 is 22.7. The summed E-state index contributed by atoms with van der Waals surface area (Å²) in [4.78, 5) is 0. The Labute approximate surface area is 107 Å². The maximum absolute atomic E-state index is 12.1. The molecule has 1 aromatic rings. The molecular formula is C12H18NO4P. The second-order valence-corrected chi connectivity index (χ2v) is 5.38. The molecule has 0 atom stereocenters. The van der Waals surface area contributed by atoms with Crippen LogP contribution in [-0.4, -0.2) is 23.9 Å². The quantitative estimate of drug-likeness (QED) is 0.251. The summed E-state index contributed by atoms with van der Waals surface area (Å²) in [5, 5.41) is 11.7. The summed E-state index contributed by atoms with van der Waals surface area (Å²) in [5.74, 6) is 0.993. The molecular weight excluding hydrogens is 253 g/mol. The molecule has 1 rings (SSSR count). The van der Waals surface area contributed by atoms with E-state index in [2.05, 4.69) is 0 Å². The van der Waals surface area contributed by atoms with Crippen molar-refractivity contribution >= 4 is 13.6 Å². The Morgan fingerprint density at radius 1 is 1.22 bits per heavy atom. The van der Waals surface area contributed by atoms with Gasteiger partial charge in [-0.3, -0.25) is 0 Å². The molecule has 6 heteroatoms. The molecule has 0 aliphatic carbocycles. The lowest BCUT2D eigenvalue weighted by Crippen LogP contribution is -2.08. The number of hydrogen-bond donors (Lipinski definition) is 0. The summed E-state index contributed by atoms with van der Waals surface area (Å²) in [5.41, 5.74) is 0.836. The van der Waals surface area contributed by atoms with Crippen molar-refractivity contribution in [1.29, 1.82) is 0 Å². The Balaban J connectivity index is 2.76. The van der Waals surface area contributed by atoms with E-state index in [4.69, 9.17) is 9.05 Å². The molecule has 5 nitrogen and oxygen atoms in total. The highest BCUT2D eigenvalue weighted by atomic mass is 31.2. The molecule has 0 radical (unpaired) electrons. The summed E-state index contributed by atoms with van der Waals surface area (Å²) in [6.07, 6.45) is 0. The van der Waals surface area contributed by atoms with Crippen LogP contribution in [0.2, 0.25) is 0 Å². The smallest absolute Gasteiger partial charge is 0.417 e. The van der Waals surface area contributed by atoms with Gasteiger partial charge in [0.25, 0.3) is 5.96 Å². The molecule has 0 aliphatic heterocycles. The molecule has 0 fully saturated rings. The molecule has 100 valence electrons. The van der Waals surface area contributed by atoms with Crippen LogP contribution in [0.1, 0.15) is 19.4 Å². The fraction of sp³-hybridized carbons (Fsp3) is 0.417. The Hall–Kier alpha value is -1.16. The Morgan fingerprint density at radius 2 is 1.78 bits per heavy atom. The van der Waals surface area contributed by atoms with Gasteiger partial charge in [0.2, 0.25) is 0 Å². The molecule has 1 aromatic carbocycles. The Bertz CT molecular complexity index is 423. The van der Waals surface area contributed by atoms with E-state index < -0.39 is 7.60 Å². The number of hydrogen-bond acceptors (Lipinski definition) is 4. The van der Waals surface area contributed by atoms with Gasteiger partial charge in [-0.25, -0.2) is 9.30 Å². The van der Waals surface area contributed by atoms with Crippen molar-refractivity contribution in [2.24, 2.45) is 0 Å². The van der Waals surface area contributed by atoms with E-state index in [1.807, 2.05) is 30.3 Å². The van der Waals surface area contributed by atoms with E-state index in [9.17, 15) is 9.77 Å². The standard InChI is InChI=1S/C12H18NO4P/c1-3-16-18(15,17-4-2)11-13(14)10-12-8-6-5-7-9-12/h5-9,11H,3-4,10H2,1-2H3/b13-11-. The summed E-state index contributed by atoms with van der Waals surface area (Å²) in [6.45, 7) is 3.97. The first-order valence-electron chi connectivity index (χ1n) is 5.82. The van der Waals surface area contributed by atoms with E-state index in [1.165, 1.54) is 0 Å². The lowest BCUT2D eigenvalue weighted by atomic mass is 10.2. The van der Waals surface area contributed by atoms with Gasteiger partial charge in [0.1, 0.15) is 0 Å². The highest BCUT2D eigenvalue weighted by Gasteiger charge is 2.25. The van der Waals surface area contributed by atoms with Gasteiger partial charge in [-0.15, -0.1) is 0 Å². The molecule has 0 N–H and O–H groups in total. The van der Waals surface area contributed by atoms with Gasteiger partial charge in [-0.2, -0.15) is 0 Å². The van der Waals surface area contributed by atoms with Crippen molar-refractivity contribution in [3.05, 3.63) is 41.1 Å². The van der Waals surface area contributed by atoms with Crippen LogP contribution in [0, 0.1) is 5.21 Å². The second kappa shape index (κ2) is 7.31. The fourth-order valence-electron chi connectivity index (χ4n) is 1.43. The molecule has 0 aliphatic rings. The molecule has 0 spiro atoms. The van der Waals surface area contributed by atoms with Crippen molar-refractivity contribution in [3.8, 4) is 0 Å². The SMILES string of the molecule is CCOP(=O)(/C=[N+](\[O-])Cc1ccccc1)OCC. The number of benzene rings is 1. The Morgan fingerprint density at radius 3 is 2.28 bits per heavy atom. The topological polar surface area (TPSA) is 61.6 Å². The maximum Gasteiger partial charge on any atom is 0.417 e. The van der Waals surface area contributed by atoms with Crippen molar-refractivity contribution in [3.63, 3.8) is 0 Å². The van der Waals surface area contributed by atoms with Crippen molar-refractivity contribution in [2.45, 2.75) is 20.4 Å². The summed E-state index contributed by atoms with van der Waals surface area (Å²) in [6, 6.07) is 9.20. The fourth-order valence-corrected chi connectivity index (χ4v) is 2.75. The highest BCUT2D eigenvalue weighted by molar-refractivity contribution is 7.69. The molecule has 0 aromatic heterocycles. The minimum atomic E-state index is -3.42. The molecule has 0 heterocycles. The summed E-state index contributed by atoms with van der Waals surface area (Å²) >= 11 is 0. The van der Waals surface area contributed by atoms with Crippen LogP contribution < -0.4 is 0 Å². The third-order valence-corrected chi connectivity index (χ3v) is 3.85. The molecule has 18 heavy (non-hydrogen) atoms. The van der Waals surface area contributed by atoms with E-state index in [1.54, 1.807) is 13.8 Å². The largest absolute Gasteiger partial charge is 0.623 e. The van der Waals surface area contributed by atoms with Gasteiger partial charge in [0.15, 0.2) is 6.54 Å². The van der Waals surface area contributed by atoms with Crippen LogP contribution in [0.5, 0.6) is 0 Å². The predicted octanol–water partition coefficient (Wildman–Crippen LogP) is 2.99. The average molecular weight is 271 g/mol. The van der Waals surface area contributed by atoms with Crippen LogP contribution in [0.4, 0.5) is 0 Å². The first-order valence-corrected chi connectivity index (χ1v) is 7.43. The molecule has 0 unspecified atom stereocenters. The third-order valence-electron chi connectivity index (χ3n) is 2.07. The van der Waals surface area contributed by atoms with E-state index in [0.717, 1.165) is 11.5 Å². The third kappa shape index (κ3) is 5.00. The lowest BCUT2D eigenvalue weighted by Gasteiger charge is -2.12.